The molecule has 0 spiro atoms. The van der Waals surface area contributed by atoms with Crippen molar-refractivity contribution < 1.29 is 14.0 Å². The first-order valence-electron chi connectivity index (χ1n) is 10.1. The summed E-state index contributed by atoms with van der Waals surface area (Å²) in [5.74, 6) is 0.851. The highest BCUT2D eigenvalue weighted by atomic mass is 16.7. The van der Waals surface area contributed by atoms with Gasteiger partial charge in [-0.2, -0.15) is 0 Å². The van der Waals surface area contributed by atoms with Gasteiger partial charge < -0.3 is 14.0 Å². The Balaban J connectivity index is 2.17. The van der Waals surface area contributed by atoms with Crippen LogP contribution in [0.5, 0.6) is 5.75 Å². The van der Waals surface area contributed by atoms with Gasteiger partial charge >= 0.3 is 7.12 Å². The average Bonchev–Trinajstić information content (AvgIpc) is 2.90. The molecule has 0 amide bonds. The van der Waals surface area contributed by atoms with Crippen LogP contribution in [0.3, 0.4) is 0 Å². The van der Waals surface area contributed by atoms with Gasteiger partial charge in [0.2, 0.25) is 0 Å². The van der Waals surface area contributed by atoms with Crippen LogP contribution in [0.2, 0.25) is 0 Å². The molecule has 2 aromatic rings. The molecule has 3 nitrogen and oxygen atoms in total. The van der Waals surface area contributed by atoms with Crippen LogP contribution in [-0.2, 0) is 9.31 Å². The summed E-state index contributed by atoms with van der Waals surface area (Å²) in [6.45, 7) is 10.6. The van der Waals surface area contributed by atoms with Crippen molar-refractivity contribution in [3.8, 4) is 5.75 Å². The summed E-state index contributed by atoms with van der Waals surface area (Å²) in [5.41, 5.74) is 3.97. The Hall–Kier alpha value is -2.04. The molecule has 0 aromatic heterocycles. The van der Waals surface area contributed by atoms with E-state index in [1.165, 1.54) is 16.6 Å². The molecule has 1 aliphatic rings. The zero-order valence-electron chi connectivity index (χ0n) is 17.9. The summed E-state index contributed by atoms with van der Waals surface area (Å²) in [7, 11) is 1.33. The Morgan fingerprint density at radius 1 is 0.857 bits per heavy atom. The van der Waals surface area contributed by atoms with Gasteiger partial charge in [0.25, 0.3) is 0 Å². The first kappa shape index (κ1) is 20.7. The predicted octanol–water partition coefficient (Wildman–Crippen LogP) is 5.93. The largest absolute Gasteiger partial charge is 0.497 e. The van der Waals surface area contributed by atoms with Crippen molar-refractivity contribution in [2.75, 3.05) is 7.11 Å². The lowest BCUT2D eigenvalue weighted by Crippen LogP contribution is -2.41. The molecule has 2 aromatic carbocycles. The molecule has 148 valence electrons. The third-order valence-electron chi connectivity index (χ3n) is 5.82. The molecular weight excluding hydrogens is 347 g/mol. The molecule has 0 bridgehead atoms. The van der Waals surface area contributed by atoms with Crippen LogP contribution in [0.4, 0.5) is 0 Å². The monoisotopic (exact) mass is 378 g/mol. The molecule has 0 atom stereocenters. The second-order valence-electron chi connectivity index (χ2n) is 8.33. The van der Waals surface area contributed by atoms with Gasteiger partial charge in [0.1, 0.15) is 5.75 Å². The van der Waals surface area contributed by atoms with Gasteiger partial charge in [-0.05, 0) is 68.4 Å². The topological polar surface area (TPSA) is 27.7 Å². The van der Waals surface area contributed by atoms with Gasteiger partial charge in [-0.25, -0.2) is 0 Å². The predicted molar refractivity (Wildman–Crippen MR) is 116 cm³/mol. The molecule has 1 heterocycles. The third-order valence-corrected chi connectivity index (χ3v) is 5.82. The fourth-order valence-corrected chi connectivity index (χ4v) is 3.52. The second kappa shape index (κ2) is 8.14. The molecule has 0 radical (unpaired) electrons. The Morgan fingerprint density at radius 3 is 1.89 bits per heavy atom. The maximum Gasteiger partial charge on any atom is 0.491 e. The van der Waals surface area contributed by atoms with Gasteiger partial charge in [0.15, 0.2) is 0 Å². The minimum absolute atomic E-state index is 0.359. The van der Waals surface area contributed by atoms with E-state index in [0.29, 0.717) is 0 Å². The van der Waals surface area contributed by atoms with Crippen molar-refractivity contribution in [1.82, 2.24) is 0 Å². The molecule has 1 fully saturated rings. The SMILES string of the molecule is CCC/C(B1OC(C)(C)C(C)(C)O1)=C(/c1ccccc1)c1ccc(OC)cc1. The summed E-state index contributed by atoms with van der Waals surface area (Å²) >= 11 is 0. The molecule has 0 N–H and O–H groups in total. The van der Waals surface area contributed by atoms with Gasteiger partial charge in [0.05, 0.1) is 18.3 Å². The molecule has 0 saturated carbocycles. The van der Waals surface area contributed by atoms with Crippen LogP contribution in [-0.4, -0.2) is 25.4 Å². The Kier molecular flexibility index (Phi) is 6.02. The summed E-state index contributed by atoms with van der Waals surface area (Å²) in [4.78, 5) is 0. The second-order valence-corrected chi connectivity index (χ2v) is 8.33. The number of hydrogen-bond donors (Lipinski definition) is 0. The number of methoxy groups -OCH3 is 1. The molecular formula is C24H31BO3. The maximum absolute atomic E-state index is 6.44. The van der Waals surface area contributed by atoms with Crippen LogP contribution in [0.15, 0.2) is 60.1 Å². The van der Waals surface area contributed by atoms with Crippen molar-refractivity contribution in [2.24, 2.45) is 0 Å². The van der Waals surface area contributed by atoms with E-state index in [2.05, 4.69) is 71.0 Å². The van der Waals surface area contributed by atoms with Crippen molar-refractivity contribution in [2.45, 2.75) is 58.7 Å². The number of benzene rings is 2. The van der Waals surface area contributed by atoms with Gasteiger partial charge in [-0.3, -0.25) is 0 Å². The lowest BCUT2D eigenvalue weighted by Gasteiger charge is -2.32. The standard InChI is InChI=1S/C24H31BO3/c1-7-11-21(25-27-23(2,3)24(4,5)28-25)22(18-12-9-8-10-13-18)19-14-16-20(26-6)17-15-19/h8-10,12-17H,7,11H2,1-6H3/b22-21+. The number of allylic oxidation sites excluding steroid dienone is 1. The van der Waals surface area contributed by atoms with E-state index in [1.54, 1.807) is 7.11 Å². The molecule has 4 heteroatoms. The van der Waals surface area contributed by atoms with E-state index in [4.69, 9.17) is 14.0 Å². The lowest BCUT2D eigenvalue weighted by molar-refractivity contribution is 0.00578. The summed E-state index contributed by atoms with van der Waals surface area (Å²) in [6.07, 6.45) is 1.93. The zero-order chi connectivity index (χ0) is 20.4. The smallest absolute Gasteiger partial charge is 0.491 e. The van der Waals surface area contributed by atoms with Gasteiger partial charge in [-0.15, -0.1) is 0 Å². The Bertz CT molecular complexity index is 807. The Morgan fingerprint density at radius 2 is 1.39 bits per heavy atom. The molecule has 0 aliphatic carbocycles. The van der Waals surface area contributed by atoms with Crippen LogP contribution < -0.4 is 4.74 Å². The van der Waals surface area contributed by atoms with E-state index in [-0.39, 0.29) is 18.3 Å². The average molecular weight is 378 g/mol. The highest BCUT2D eigenvalue weighted by Gasteiger charge is 2.52. The van der Waals surface area contributed by atoms with Gasteiger partial charge in [-0.1, -0.05) is 55.8 Å². The lowest BCUT2D eigenvalue weighted by atomic mass is 9.70. The quantitative estimate of drug-likeness (QED) is 0.583. The number of ether oxygens (including phenoxy) is 1. The molecule has 3 rings (SSSR count). The van der Waals surface area contributed by atoms with Crippen molar-refractivity contribution in [3.63, 3.8) is 0 Å². The van der Waals surface area contributed by atoms with Crippen LogP contribution in [0.1, 0.15) is 58.6 Å². The van der Waals surface area contributed by atoms with Crippen molar-refractivity contribution in [1.29, 1.82) is 0 Å². The number of rotatable bonds is 6. The third kappa shape index (κ3) is 4.04. The van der Waals surface area contributed by atoms with Crippen LogP contribution >= 0.6 is 0 Å². The first-order valence-corrected chi connectivity index (χ1v) is 10.1. The highest BCUT2D eigenvalue weighted by Crippen LogP contribution is 2.42. The molecule has 28 heavy (non-hydrogen) atoms. The van der Waals surface area contributed by atoms with Gasteiger partial charge in [0, 0.05) is 0 Å². The van der Waals surface area contributed by atoms with E-state index < -0.39 is 0 Å². The van der Waals surface area contributed by atoms with E-state index >= 15 is 0 Å². The minimum atomic E-state index is -0.363. The van der Waals surface area contributed by atoms with Crippen LogP contribution in [0.25, 0.3) is 5.57 Å². The fourth-order valence-electron chi connectivity index (χ4n) is 3.52. The summed E-state index contributed by atoms with van der Waals surface area (Å²) in [5, 5.41) is 0. The molecule has 1 saturated heterocycles. The highest BCUT2D eigenvalue weighted by molar-refractivity contribution is 6.56. The first-order chi connectivity index (χ1) is 13.3. The minimum Gasteiger partial charge on any atom is -0.497 e. The van der Waals surface area contributed by atoms with Crippen LogP contribution in [0, 0.1) is 0 Å². The number of hydrogen-bond acceptors (Lipinski definition) is 3. The van der Waals surface area contributed by atoms with E-state index in [0.717, 1.165) is 24.2 Å². The molecule has 0 unspecified atom stereocenters. The van der Waals surface area contributed by atoms with Crippen molar-refractivity contribution >= 4 is 12.7 Å². The zero-order valence-corrected chi connectivity index (χ0v) is 17.9. The summed E-state index contributed by atoms with van der Waals surface area (Å²) in [6, 6.07) is 18.7. The molecule has 1 aliphatic heterocycles. The van der Waals surface area contributed by atoms with E-state index in [1.807, 2.05) is 18.2 Å². The normalized spacial score (nSPS) is 18.7. The maximum atomic E-state index is 6.44. The fraction of sp³-hybridized carbons (Fsp3) is 0.417. The summed E-state index contributed by atoms with van der Waals surface area (Å²) < 4.78 is 18.2. The van der Waals surface area contributed by atoms with Crippen molar-refractivity contribution in [3.05, 3.63) is 71.2 Å². The Labute approximate surface area is 169 Å². The van der Waals surface area contributed by atoms with E-state index in [9.17, 15) is 0 Å².